The van der Waals surface area contributed by atoms with Crippen molar-refractivity contribution in [3.05, 3.63) is 58.6 Å². The molecule has 2 aromatic rings. The monoisotopic (exact) mass is 387 g/mol. The standard InChI is InChI=1S/C21H22ClNO4/c1-3-26-19-13-14(12-16(22)21(19)25-2)8-9-20(24)23-17-10-11-27-18-7-5-4-6-15(17)18/h4-9,12-13,17H,3,10-11H2,1-2H3,(H,23,24)/b9-8+/t17-/m0/s1. The average Bonchev–Trinajstić information content (AvgIpc) is 2.67. The van der Waals surface area contributed by atoms with Gasteiger partial charge < -0.3 is 19.5 Å². The quantitative estimate of drug-likeness (QED) is 0.746. The fraction of sp³-hybridized carbons (Fsp3) is 0.286. The maximum Gasteiger partial charge on any atom is 0.244 e. The molecule has 0 unspecified atom stereocenters. The summed E-state index contributed by atoms with van der Waals surface area (Å²) in [7, 11) is 1.54. The Hall–Kier alpha value is -2.66. The van der Waals surface area contributed by atoms with Gasteiger partial charge in [-0.2, -0.15) is 0 Å². The number of hydrogen-bond acceptors (Lipinski definition) is 4. The van der Waals surface area contributed by atoms with E-state index in [0.717, 1.165) is 23.3 Å². The molecule has 0 aromatic heterocycles. The van der Waals surface area contributed by atoms with Crippen LogP contribution in [0.25, 0.3) is 6.08 Å². The zero-order chi connectivity index (χ0) is 19.2. The fourth-order valence-corrected chi connectivity index (χ4v) is 3.33. The van der Waals surface area contributed by atoms with Gasteiger partial charge in [0.2, 0.25) is 5.91 Å². The summed E-state index contributed by atoms with van der Waals surface area (Å²) >= 11 is 6.24. The van der Waals surface area contributed by atoms with E-state index in [1.807, 2.05) is 31.2 Å². The third kappa shape index (κ3) is 4.55. The number of nitrogens with one attached hydrogen (secondary N) is 1. The van der Waals surface area contributed by atoms with E-state index < -0.39 is 0 Å². The van der Waals surface area contributed by atoms with E-state index in [4.69, 9.17) is 25.8 Å². The summed E-state index contributed by atoms with van der Waals surface area (Å²) in [6.45, 7) is 2.95. The molecule has 27 heavy (non-hydrogen) atoms. The lowest BCUT2D eigenvalue weighted by molar-refractivity contribution is -0.117. The zero-order valence-corrected chi connectivity index (χ0v) is 16.1. The predicted molar refractivity (Wildman–Crippen MR) is 106 cm³/mol. The lowest BCUT2D eigenvalue weighted by atomic mass is 10.0. The molecular weight excluding hydrogens is 366 g/mol. The molecule has 3 rings (SSSR count). The molecule has 1 aliphatic heterocycles. The Labute approximate surface area is 163 Å². The van der Waals surface area contributed by atoms with Crippen molar-refractivity contribution in [1.82, 2.24) is 5.32 Å². The summed E-state index contributed by atoms with van der Waals surface area (Å²) in [5.41, 5.74) is 1.75. The van der Waals surface area contributed by atoms with Gasteiger partial charge in [0, 0.05) is 18.1 Å². The molecule has 2 aromatic carbocycles. The van der Waals surface area contributed by atoms with Crippen LogP contribution < -0.4 is 19.5 Å². The number of carbonyl (C=O) groups is 1. The molecule has 1 N–H and O–H groups in total. The topological polar surface area (TPSA) is 56.8 Å². The van der Waals surface area contributed by atoms with Crippen LogP contribution in [-0.2, 0) is 4.79 Å². The van der Waals surface area contributed by atoms with Crippen molar-refractivity contribution in [3.63, 3.8) is 0 Å². The van der Waals surface area contributed by atoms with Gasteiger partial charge in [-0.3, -0.25) is 4.79 Å². The Kier molecular flexibility index (Phi) is 6.24. The average molecular weight is 388 g/mol. The molecule has 0 radical (unpaired) electrons. The number of para-hydroxylation sites is 1. The SMILES string of the molecule is CCOc1cc(/C=C/C(=O)N[C@H]2CCOc3ccccc32)cc(Cl)c1OC. The first-order valence-corrected chi connectivity index (χ1v) is 9.20. The minimum atomic E-state index is -0.179. The molecule has 0 aliphatic carbocycles. The van der Waals surface area contributed by atoms with E-state index in [0.29, 0.717) is 29.7 Å². The molecule has 6 heteroatoms. The first-order valence-electron chi connectivity index (χ1n) is 8.83. The number of ether oxygens (including phenoxy) is 3. The molecule has 5 nitrogen and oxygen atoms in total. The highest BCUT2D eigenvalue weighted by Gasteiger charge is 2.21. The molecule has 0 saturated carbocycles. The maximum absolute atomic E-state index is 12.4. The lowest BCUT2D eigenvalue weighted by Gasteiger charge is -2.26. The molecule has 0 spiro atoms. The largest absolute Gasteiger partial charge is 0.493 e. The van der Waals surface area contributed by atoms with Gasteiger partial charge in [-0.1, -0.05) is 29.8 Å². The van der Waals surface area contributed by atoms with Crippen molar-refractivity contribution in [1.29, 1.82) is 0 Å². The van der Waals surface area contributed by atoms with Gasteiger partial charge in [-0.15, -0.1) is 0 Å². The molecule has 0 saturated heterocycles. The number of halogens is 1. The zero-order valence-electron chi connectivity index (χ0n) is 15.3. The molecular formula is C21H22ClNO4. The van der Waals surface area contributed by atoms with Crippen LogP contribution in [0.4, 0.5) is 0 Å². The Morgan fingerprint density at radius 3 is 2.96 bits per heavy atom. The minimum Gasteiger partial charge on any atom is -0.493 e. The van der Waals surface area contributed by atoms with Gasteiger partial charge >= 0.3 is 0 Å². The van der Waals surface area contributed by atoms with E-state index in [1.165, 1.54) is 6.08 Å². The summed E-state index contributed by atoms with van der Waals surface area (Å²) in [5.74, 6) is 1.67. The molecule has 1 heterocycles. The van der Waals surface area contributed by atoms with Crippen LogP contribution in [0.3, 0.4) is 0 Å². The number of carbonyl (C=O) groups excluding carboxylic acids is 1. The van der Waals surface area contributed by atoms with Gasteiger partial charge in [0.05, 0.1) is 31.4 Å². The number of rotatable bonds is 6. The Balaban J connectivity index is 1.72. The summed E-state index contributed by atoms with van der Waals surface area (Å²) in [6, 6.07) is 11.2. The minimum absolute atomic E-state index is 0.0643. The fourth-order valence-electron chi connectivity index (χ4n) is 3.03. The van der Waals surface area contributed by atoms with Crippen molar-refractivity contribution >= 4 is 23.6 Å². The molecule has 142 valence electrons. The van der Waals surface area contributed by atoms with E-state index >= 15 is 0 Å². The van der Waals surface area contributed by atoms with Crippen molar-refractivity contribution in [3.8, 4) is 17.2 Å². The van der Waals surface area contributed by atoms with Crippen LogP contribution in [0.2, 0.25) is 5.02 Å². The van der Waals surface area contributed by atoms with Crippen LogP contribution in [-0.4, -0.2) is 26.2 Å². The molecule has 1 aliphatic rings. The van der Waals surface area contributed by atoms with Gasteiger partial charge in [-0.25, -0.2) is 0 Å². The first kappa shape index (κ1) is 19.1. The van der Waals surface area contributed by atoms with Crippen molar-refractivity contribution in [2.75, 3.05) is 20.3 Å². The highest BCUT2D eigenvalue weighted by Crippen LogP contribution is 2.36. The van der Waals surface area contributed by atoms with Crippen LogP contribution in [0.15, 0.2) is 42.5 Å². The van der Waals surface area contributed by atoms with E-state index in [1.54, 1.807) is 25.3 Å². The van der Waals surface area contributed by atoms with Gasteiger partial charge in [-0.05, 0) is 36.8 Å². The number of fused-ring (bicyclic) bond motifs is 1. The van der Waals surface area contributed by atoms with E-state index in [9.17, 15) is 4.79 Å². The molecule has 0 fully saturated rings. The number of hydrogen-bond donors (Lipinski definition) is 1. The summed E-state index contributed by atoms with van der Waals surface area (Å²) in [5, 5.41) is 3.46. The Morgan fingerprint density at radius 1 is 1.37 bits per heavy atom. The highest BCUT2D eigenvalue weighted by molar-refractivity contribution is 6.32. The van der Waals surface area contributed by atoms with Crippen LogP contribution in [0, 0.1) is 0 Å². The number of benzene rings is 2. The Bertz CT molecular complexity index is 850. The van der Waals surface area contributed by atoms with Gasteiger partial charge in [0.25, 0.3) is 0 Å². The Morgan fingerprint density at radius 2 is 2.19 bits per heavy atom. The van der Waals surface area contributed by atoms with E-state index in [2.05, 4.69) is 5.32 Å². The summed E-state index contributed by atoms with van der Waals surface area (Å²) < 4.78 is 16.5. The summed E-state index contributed by atoms with van der Waals surface area (Å²) in [6.07, 6.45) is 3.93. The lowest BCUT2D eigenvalue weighted by Crippen LogP contribution is -2.30. The third-order valence-corrected chi connectivity index (χ3v) is 4.52. The highest BCUT2D eigenvalue weighted by atomic mass is 35.5. The second kappa shape index (κ2) is 8.82. The van der Waals surface area contributed by atoms with Crippen molar-refractivity contribution in [2.45, 2.75) is 19.4 Å². The second-order valence-corrected chi connectivity index (χ2v) is 6.44. The normalized spacial score (nSPS) is 15.7. The van der Waals surface area contributed by atoms with E-state index in [-0.39, 0.29) is 11.9 Å². The summed E-state index contributed by atoms with van der Waals surface area (Å²) in [4.78, 5) is 12.4. The van der Waals surface area contributed by atoms with Crippen LogP contribution >= 0.6 is 11.6 Å². The smallest absolute Gasteiger partial charge is 0.244 e. The first-order chi connectivity index (χ1) is 13.1. The maximum atomic E-state index is 12.4. The molecule has 1 amide bonds. The van der Waals surface area contributed by atoms with Gasteiger partial charge in [0.1, 0.15) is 5.75 Å². The third-order valence-electron chi connectivity index (χ3n) is 4.24. The van der Waals surface area contributed by atoms with Crippen molar-refractivity contribution in [2.24, 2.45) is 0 Å². The van der Waals surface area contributed by atoms with Crippen LogP contribution in [0.5, 0.6) is 17.2 Å². The molecule has 1 atom stereocenters. The van der Waals surface area contributed by atoms with Crippen molar-refractivity contribution < 1.29 is 19.0 Å². The van der Waals surface area contributed by atoms with Gasteiger partial charge in [0.15, 0.2) is 11.5 Å². The second-order valence-electron chi connectivity index (χ2n) is 6.04. The number of methoxy groups -OCH3 is 1. The van der Waals surface area contributed by atoms with Crippen LogP contribution in [0.1, 0.15) is 30.5 Å². The number of amides is 1. The predicted octanol–water partition coefficient (Wildman–Crippen LogP) is 4.40. The molecule has 0 bridgehead atoms.